The van der Waals surface area contributed by atoms with E-state index in [-0.39, 0.29) is 24.7 Å². The number of aryl methyl sites for hydroxylation is 1. The van der Waals surface area contributed by atoms with Crippen LogP contribution in [-0.2, 0) is 25.6 Å². The van der Waals surface area contributed by atoms with Crippen molar-refractivity contribution in [2.75, 3.05) is 13.2 Å². The van der Waals surface area contributed by atoms with Gasteiger partial charge in [0.2, 0.25) is 0 Å². The van der Waals surface area contributed by atoms with Crippen molar-refractivity contribution in [3.05, 3.63) is 65.7 Å². The molecule has 6 heteroatoms. The third kappa shape index (κ3) is 5.44. The van der Waals surface area contributed by atoms with Gasteiger partial charge in [0.1, 0.15) is 6.10 Å². The number of ether oxygens (including phenoxy) is 1. The molecule has 1 atom stereocenters. The highest BCUT2D eigenvalue weighted by Gasteiger charge is 2.18. The Morgan fingerprint density at radius 3 is 2.30 bits per heavy atom. The molecule has 5 nitrogen and oxygen atoms in total. The molecule has 0 amide bonds. The Hall–Kier alpha value is -1.73. The maximum Gasteiger partial charge on any atom is 0.297 e. The Labute approximate surface area is 136 Å². The number of hydrogen-bond donors (Lipinski definition) is 1. The van der Waals surface area contributed by atoms with Gasteiger partial charge >= 0.3 is 0 Å². The molecule has 0 saturated heterocycles. The van der Waals surface area contributed by atoms with Gasteiger partial charge in [-0.25, -0.2) is 0 Å². The molecule has 2 rings (SSSR count). The lowest BCUT2D eigenvalue weighted by Crippen LogP contribution is -2.25. The summed E-state index contributed by atoms with van der Waals surface area (Å²) >= 11 is 0. The summed E-state index contributed by atoms with van der Waals surface area (Å²) in [4.78, 5) is 0.0860. The van der Waals surface area contributed by atoms with Gasteiger partial charge in [0, 0.05) is 0 Å². The van der Waals surface area contributed by atoms with Crippen molar-refractivity contribution in [1.29, 1.82) is 0 Å². The molecule has 0 bridgehead atoms. The van der Waals surface area contributed by atoms with Gasteiger partial charge in [-0.1, -0.05) is 48.0 Å². The van der Waals surface area contributed by atoms with E-state index in [1.54, 1.807) is 12.1 Å². The van der Waals surface area contributed by atoms with Crippen molar-refractivity contribution in [2.24, 2.45) is 0 Å². The lowest BCUT2D eigenvalue weighted by atomic mass is 10.2. The topological polar surface area (TPSA) is 72.8 Å². The molecule has 0 saturated carbocycles. The maximum atomic E-state index is 12.1. The summed E-state index contributed by atoms with van der Waals surface area (Å²) in [6.07, 6.45) is -0.713. The fourth-order valence-electron chi connectivity index (χ4n) is 1.88. The summed E-state index contributed by atoms with van der Waals surface area (Å²) < 4.78 is 34.6. The van der Waals surface area contributed by atoms with Crippen molar-refractivity contribution >= 4 is 10.1 Å². The molecule has 0 aliphatic heterocycles. The van der Waals surface area contributed by atoms with Gasteiger partial charge in [-0.3, -0.25) is 4.18 Å². The number of benzene rings is 2. The first kappa shape index (κ1) is 17.6. The van der Waals surface area contributed by atoms with Crippen LogP contribution >= 0.6 is 0 Å². The minimum atomic E-state index is -3.86. The van der Waals surface area contributed by atoms with Crippen LogP contribution in [0.15, 0.2) is 59.5 Å². The molecule has 0 radical (unpaired) electrons. The van der Waals surface area contributed by atoms with Crippen molar-refractivity contribution < 1.29 is 22.4 Å². The molecule has 1 N–H and O–H groups in total. The molecule has 0 spiro atoms. The number of rotatable bonds is 8. The Morgan fingerprint density at radius 2 is 1.70 bits per heavy atom. The van der Waals surface area contributed by atoms with Crippen LogP contribution < -0.4 is 0 Å². The van der Waals surface area contributed by atoms with Gasteiger partial charge in [0.15, 0.2) is 0 Å². The lowest BCUT2D eigenvalue weighted by Gasteiger charge is -2.15. The Kier molecular flexibility index (Phi) is 6.29. The Balaban J connectivity index is 1.90. The van der Waals surface area contributed by atoms with E-state index in [0.29, 0.717) is 0 Å². The van der Waals surface area contributed by atoms with Gasteiger partial charge in [-0.2, -0.15) is 8.42 Å². The molecule has 0 aromatic heterocycles. The summed E-state index contributed by atoms with van der Waals surface area (Å²) in [6, 6.07) is 15.8. The van der Waals surface area contributed by atoms with E-state index in [4.69, 9.17) is 8.92 Å². The van der Waals surface area contributed by atoms with Crippen LogP contribution in [0.1, 0.15) is 11.1 Å². The predicted octanol–water partition coefficient (Wildman–Crippen LogP) is 2.28. The fourth-order valence-corrected chi connectivity index (χ4v) is 2.82. The zero-order valence-electron chi connectivity index (χ0n) is 12.9. The number of hydrogen-bond acceptors (Lipinski definition) is 5. The van der Waals surface area contributed by atoms with Gasteiger partial charge in [0.25, 0.3) is 10.1 Å². The molecular weight excluding hydrogens is 316 g/mol. The minimum Gasteiger partial charge on any atom is -0.394 e. The summed E-state index contributed by atoms with van der Waals surface area (Å²) in [5, 5.41) is 9.31. The molecule has 2 aromatic rings. The first-order valence-electron chi connectivity index (χ1n) is 7.24. The highest BCUT2D eigenvalue weighted by Crippen LogP contribution is 2.14. The number of aliphatic hydroxyl groups excluding tert-OH is 1. The highest BCUT2D eigenvalue weighted by atomic mass is 32.2. The van der Waals surface area contributed by atoms with Crippen molar-refractivity contribution in [2.45, 2.75) is 24.5 Å². The number of aliphatic hydroxyl groups is 1. The van der Waals surface area contributed by atoms with E-state index in [1.807, 2.05) is 37.3 Å². The van der Waals surface area contributed by atoms with Crippen LogP contribution in [0.5, 0.6) is 0 Å². The zero-order chi connectivity index (χ0) is 16.7. The second-order valence-corrected chi connectivity index (χ2v) is 6.77. The van der Waals surface area contributed by atoms with E-state index in [0.717, 1.165) is 11.1 Å². The van der Waals surface area contributed by atoms with Gasteiger partial charge in [-0.05, 0) is 24.6 Å². The van der Waals surface area contributed by atoms with E-state index in [2.05, 4.69) is 0 Å². The fraction of sp³-hybridized carbons (Fsp3) is 0.294. The van der Waals surface area contributed by atoms with E-state index in [9.17, 15) is 13.5 Å². The lowest BCUT2D eigenvalue weighted by molar-refractivity contribution is -0.0214. The van der Waals surface area contributed by atoms with Crippen LogP contribution in [0.4, 0.5) is 0 Å². The minimum absolute atomic E-state index is 0.0860. The van der Waals surface area contributed by atoms with Gasteiger partial charge < -0.3 is 9.84 Å². The Morgan fingerprint density at radius 1 is 1.04 bits per heavy atom. The van der Waals surface area contributed by atoms with Gasteiger partial charge in [-0.15, -0.1) is 0 Å². The zero-order valence-corrected chi connectivity index (χ0v) is 13.7. The summed E-state index contributed by atoms with van der Waals surface area (Å²) in [5.74, 6) is 0. The van der Waals surface area contributed by atoms with Crippen LogP contribution in [0.2, 0.25) is 0 Å². The van der Waals surface area contributed by atoms with Crippen molar-refractivity contribution in [3.63, 3.8) is 0 Å². The molecule has 0 aliphatic rings. The second kappa shape index (κ2) is 8.21. The van der Waals surface area contributed by atoms with Crippen molar-refractivity contribution in [1.82, 2.24) is 0 Å². The molecule has 2 aromatic carbocycles. The third-order valence-electron chi connectivity index (χ3n) is 3.25. The highest BCUT2D eigenvalue weighted by molar-refractivity contribution is 7.86. The molecule has 0 heterocycles. The van der Waals surface area contributed by atoms with Crippen LogP contribution in [-0.4, -0.2) is 32.8 Å². The summed E-state index contributed by atoms with van der Waals surface area (Å²) in [6.45, 7) is 1.59. The molecule has 0 fully saturated rings. The second-order valence-electron chi connectivity index (χ2n) is 5.15. The molecule has 0 aliphatic carbocycles. The summed E-state index contributed by atoms with van der Waals surface area (Å²) in [5.41, 5.74) is 1.90. The Bertz CT molecular complexity index is 696. The molecule has 23 heavy (non-hydrogen) atoms. The SMILES string of the molecule is Cc1ccc(S(=O)(=O)OC[C@H](CO)OCc2ccccc2)cc1. The molecule has 124 valence electrons. The average Bonchev–Trinajstić information content (AvgIpc) is 2.56. The maximum absolute atomic E-state index is 12.1. The first-order valence-corrected chi connectivity index (χ1v) is 8.64. The van der Waals surface area contributed by atoms with E-state index >= 15 is 0 Å². The van der Waals surface area contributed by atoms with Crippen LogP contribution in [0.3, 0.4) is 0 Å². The van der Waals surface area contributed by atoms with Crippen molar-refractivity contribution in [3.8, 4) is 0 Å². The quantitative estimate of drug-likeness (QED) is 0.749. The van der Waals surface area contributed by atoms with E-state index < -0.39 is 16.2 Å². The largest absolute Gasteiger partial charge is 0.394 e. The van der Waals surface area contributed by atoms with Crippen LogP contribution in [0, 0.1) is 6.92 Å². The smallest absolute Gasteiger partial charge is 0.297 e. The monoisotopic (exact) mass is 336 g/mol. The third-order valence-corrected chi connectivity index (χ3v) is 4.55. The standard InChI is InChI=1S/C17H20O5S/c1-14-7-9-17(10-8-14)23(19,20)22-13-16(11-18)21-12-15-5-3-2-4-6-15/h2-10,16,18H,11-13H2,1H3/t16-/m0/s1. The molecular formula is C17H20O5S. The first-order chi connectivity index (χ1) is 11.0. The van der Waals surface area contributed by atoms with E-state index in [1.165, 1.54) is 12.1 Å². The van der Waals surface area contributed by atoms with Gasteiger partial charge in [0.05, 0.1) is 24.7 Å². The normalized spacial score (nSPS) is 13.0. The molecule has 0 unspecified atom stereocenters. The summed E-state index contributed by atoms with van der Waals surface area (Å²) in [7, 11) is -3.86. The van der Waals surface area contributed by atoms with Crippen LogP contribution in [0.25, 0.3) is 0 Å². The average molecular weight is 336 g/mol. The predicted molar refractivity (Wildman–Crippen MR) is 86.4 cm³/mol.